The Morgan fingerprint density at radius 2 is 1.96 bits per heavy atom. The third-order valence-electron chi connectivity index (χ3n) is 6.98. The molecule has 1 saturated heterocycles. The fourth-order valence-corrected chi connectivity index (χ4v) is 5.84. The molecule has 2 aromatic rings. The Morgan fingerprint density at radius 3 is 2.75 bits per heavy atom. The molecule has 3 nitrogen and oxygen atoms in total. The monoisotopic (exact) mass is 394 g/mol. The Morgan fingerprint density at radius 1 is 1.18 bits per heavy atom. The van der Waals surface area contributed by atoms with Crippen molar-refractivity contribution in [2.75, 3.05) is 19.6 Å². The SMILES string of the molecule is CCC(=O)NC1CCN(CC23Cc4c(Cl)ccc(c42)Cc2ccccc23)CC1. The molecule has 146 valence electrons. The van der Waals surface area contributed by atoms with Crippen LogP contribution in [0.1, 0.15) is 54.0 Å². The molecule has 0 saturated carbocycles. The van der Waals surface area contributed by atoms with Crippen molar-refractivity contribution in [1.82, 2.24) is 10.2 Å². The Hall–Kier alpha value is -1.84. The summed E-state index contributed by atoms with van der Waals surface area (Å²) in [6, 6.07) is 13.6. The number of piperidine rings is 1. The maximum atomic E-state index is 11.7. The molecule has 1 fully saturated rings. The zero-order valence-electron chi connectivity index (χ0n) is 16.4. The fourth-order valence-electron chi connectivity index (χ4n) is 5.61. The first kappa shape index (κ1) is 18.2. The van der Waals surface area contributed by atoms with E-state index < -0.39 is 0 Å². The van der Waals surface area contributed by atoms with Crippen molar-refractivity contribution in [3.8, 4) is 0 Å². The van der Waals surface area contributed by atoms with E-state index >= 15 is 0 Å². The average Bonchev–Trinajstić information content (AvgIpc) is 2.69. The molecule has 3 aliphatic rings. The number of halogens is 1. The molecule has 0 bridgehead atoms. The van der Waals surface area contributed by atoms with Gasteiger partial charge in [0.2, 0.25) is 5.91 Å². The van der Waals surface area contributed by atoms with Crippen LogP contribution in [0.4, 0.5) is 0 Å². The van der Waals surface area contributed by atoms with Crippen molar-refractivity contribution in [2.24, 2.45) is 0 Å². The summed E-state index contributed by atoms with van der Waals surface area (Å²) in [7, 11) is 0. The lowest BCUT2D eigenvalue weighted by Gasteiger charge is -2.52. The molecule has 0 radical (unpaired) electrons. The Bertz CT molecular complexity index is 932. The summed E-state index contributed by atoms with van der Waals surface area (Å²) in [5, 5.41) is 4.10. The molecule has 1 atom stereocenters. The Kier molecular flexibility index (Phi) is 4.48. The van der Waals surface area contributed by atoms with Crippen LogP contribution in [0, 0.1) is 0 Å². The van der Waals surface area contributed by atoms with Gasteiger partial charge in [-0.1, -0.05) is 48.9 Å². The van der Waals surface area contributed by atoms with Crippen LogP contribution < -0.4 is 5.32 Å². The molecule has 1 heterocycles. The summed E-state index contributed by atoms with van der Waals surface area (Å²) in [5.41, 5.74) is 7.37. The van der Waals surface area contributed by atoms with E-state index in [-0.39, 0.29) is 11.3 Å². The maximum Gasteiger partial charge on any atom is 0.219 e. The predicted octanol–water partition coefficient (Wildman–Crippen LogP) is 4.08. The van der Waals surface area contributed by atoms with Crippen LogP contribution in [0.25, 0.3) is 0 Å². The lowest BCUT2D eigenvalue weighted by atomic mass is 9.54. The highest BCUT2D eigenvalue weighted by molar-refractivity contribution is 6.31. The van der Waals surface area contributed by atoms with E-state index in [1.165, 1.54) is 27.8 Å². The molecule has 1 N–H and O–H groups in total. The average molecular weight is 395 g/mol. The molecular weight excluding hydrogens is 368 g/mol. The molecule has 0 spiro atoms. The molecule has 2 aromatic carbocycles. The standard InChI is InChI=1S/C24H27ClN2O/c1-2-22(28)26-18-9-11-27(12-10-18)15-24-14-19-21(25)8-7-17(23(19)24)13-16-5-3-4-6-20(16)24/h3-8,18H,2,9-15H2,1H3,(H,26,28). The lowest BCUT2D eigenvalue weighted by molar-refractivity contribution is -0.121. The van der Waals surface area contributed by atoms with Crippen LogP contribution in [0.5, 0.6) is 0 Å². The van der Waals surface area contributed by atoms with Crippen LogP contribution in [-0.4, -0.2) is 36.5 Å². The summed E-state index contributed by atoms with van der Waals surface area (Å²) in [5.74, 6) is 0.172. The zero-order chi connectivity index (χ0) is 19.3. The van der Waals surface area contributed by atoms with Crippen molar-refractivity contribution < 1.29 is 4.79 Å². The third-order valence-corrected chi connectivity index (χ3v) is 7.33. The predicted molar refractivity (Wildman–Crippen MR) is 113 cm³/mol. The minimum Gasteiger partial charge on any atom is -0.353 e. The summed E-state index contributed by atoms with van der Waals surface area (Å²) in [4.78, 5) is 14.3. The molecule has 1 aliphatic heterocycles. The Labute approximate surface area is 172 Å². The Balaban J connectivity index is 1.41. The van der Waals surface area contributed by atoms with Gasteiger partial charge in [0.25, 0.3) is 0 Å². The van der Waals surface area contributed by atoms with Gasteiger partial charge in [0, 0.05) is 42.5 Å². The summed E-state index contributed by atoms with van der Waals surface area (Å²) >= 11 is 6.54. The van der Waals surface area contributed by atoms with Gasteiger partial charge in [0.1, 0.15) is 0 Å². The van der Waals surface area contributed by atoms with Gasteiger partial charge >= 0.3 is 0 Å². The molecule has 0 aromatic heterocycles. The van der Waals surface area contributed by atoms with Gasteiger partial charge in [-0.05, 0) is 59.6 Å². The van der Waals surface area contributed by atoms with Crippen molar-refractivity contribution in [3.05, 3.63) is 69.2 Å². The van der Waals surface area contributed by atoms with E-state index in [4.69, 9.17) is 11.6 Å². The van der Waals surface area contributed by atoms with E-state index in [2.05, 4.69) is 46.6 Å². The van der Waals surface area contributed by atoms with Crippen LogP contribution in [0.2, 0.25) is 5.02 Å². The van der Waals surface area contributed by atoms with Crippen LogP contribution in [0.15, 0.2) is 36.4 Å². The first-order valence-corrected chi connectivity index (χ1v) is 10.9. The maximum absolute atomic E-state index is 11.7. The van der Waals surface area contributed by atoms with Gasteiger partial charge < -0.3 is 10.2 Å². The number of benzene rings is 2. The number of carbonyl (C=O) groups is 1. The summed E-state index contributed by atoms with van der Waals surface area (Å²) in [6.45, 7) is 5.06. The van der Waals surface area contributed by atoms with E-state index in [1.54, 1.807) is 0 Å². The quantitative estimate of drug-likeness (QED) is 0.847. The van der Waals surface area contributed by atoms with Crippen molar-refractivity contribution in [1.29, 1.82) is 0 Å². The lowest BCUT2D eigenvalue weighted by Crippen LogP contribution is -2.54. The topological polar surface area (TPSA) is 32.3 Å². The van der Waals surface area contributed by atoms with Crippen LogP contribution >= 0.6 is 11.6 Å². The number of hydrogen-bond acceptors (Lipinski definition) is 2. The number of hydrogen-bond donors (Lipinski definition) is 1. The van der Waals surface area contributed by atoms with Crippen molar-refractivity contribution in [2.45, 2.75) is 50.5 Å². The van der Waals surface area contributed by atoms with Crippen LogP contribution in [0.3, 0.4) is 0 Å². The van der Waals surface area contributed by atoms with E-state index in [0.29, 0.717) is 12.5 Å². The number of carbonyl (C=O) groups excluding carboxylic acids is 1. The van der Waals surface area contributed by atoms with Crippen molar-refractivity contribution >= 4 is 17.5 Å². The molecule has 5 rings (SSSR count). The highest BCUT2D eigenvalue weighted by Gasteiger charge is 2.50. The van der Waals surface area contributed by atoms with Gasteiger partial charge in [0.15, 0.2) is 0 Å². The van der Waals surface area contributed by atoms with Crippen LogP contribution in [-0.2, 0) is 23.1 Å². The molecule has 1 unspecified atom stereocenters. The normalized spacial score (nSPS) is 23.5. The molecule has 1 amide bonds. The van der Waals surface area contributed by atoms with Gasteiger partial charge in [-0.2, -0.15) is 0 Å². The van der Waals surface area contributed by atoms with E-state index in [9.17, 15) is 4.79 Å². The second-order valence-corrected chi connectivity index (χ2v) is 9.03. The van der Waals surface area contributed by atoms with E-state index in [0.717, 1.165) is 50.3 Å². The van der Waals surface area contributed by atoms with Crippen molar-refractivity contribution in [3.63, 3.8) is 0 Å². The smallest absolute Gasteiger partial charge is 0.219 e. The second kappa shape index (κ2) is 6.89. The number of fused-ring (bicyclic) bond motifs is 2. The molecule has 28 heavy (non-hydrogen) atoms. The highest BCUT2D eigenvalue weighted by atomic mass is 35.5. The number of amides is 1. The molecular formula is C24H27ClN2O. The first-order valence-electron chi connectivity index (χ1n) is 10.5. The summed E-state index contributed by atoms with van der Waals surface area (Å²) in [6.07, 6.45) is 4.71. The molecule has 2 aliphatic carbocycles. The highest BCUT2D eigenvalue weighted by Crippen LogP contribution is 2.55. The minimum atomic E-state index is 0.0872. The van der Waals surface area contributed by atoms with Gasteiger partial charge in [0.05, 0.1) is 0 Å². The largest absolute Gasteiger partial charge is 0.353 e. The van der Waals surface area contributed by atoms with Gasteiger partial charge in [-0.25, -0.2) is 0 Å². The summed E-state index contributed by atoms with van der Waals surface area (Å²) < 4.78 is 0. The van der Waals surface area contributed by atoms with Gasteiger partial charge in [-0.3, -0.25) is 4.79 Å². The second-order valence-electron chi connectivity index (χ2n) is 8.62. The number of nitrogens with one attached hydrogen (secondary N) is 1. The minimum absolute atomic E-state index is 0.0872. The number of nitrogens with zero attached hydrogens (tertiary/aromatic N) is 1. The van der Waals surface area contributed by atoms with E-state index in [1.807, 2.05) is 6.92 Å². The molecule has 4 heteroatoms. The number of rotatable bonds is 4. The van der Waals surface area contributed by atoms with Gasteiger partial charge in [-0.15, -0.1) is 0 Å². The zero-order valence-corrected chi connectivity index (χ0v) is 17.2. The number of likely N-dealkylation sites (tertiary alicyclic amines) is 1. The first-order chi connectivity index (χ1) is 13.6. The fraction of sp³-hybridized carbons (Fsp3) is 0.458. The third kappa shape index (κ3) is 2.79.